The molecular formula is C17H17ClN2O4. The van der Waals surface area contributed by atoms with E-state index >= 15 is 0 Å². The molecule has 3 heterocycles. The zero-order valence-corrected chi connectivity index (χ0v) is 13.9. The Morgan fingerprint density at radius 2 is 2.25 bits per heavy atom. The van der Waals surface area contributed by atoms with Crippen LogP contribution in [0.4, 0.5) is 0 Å². The molecule has 2 aromatic rings. The Labute approximate surface area is 143 Å². The van der Waals surface area contributed by atoms with Crippen LogP contribution in [0.15, 0.2) is 22.6 Å². The van der Waals surface area contributed by atoms with Crippen molar-refractivity contribution in [3.63, 3.8) is 0 Å². The van der Waals surface area contributed by atoms with Crippen LogP contribution in [0.25, 0.3) is 11.0 Å². The van der Waals surface area contributed by atoms with Crippen molar-refractivity contribution in [1.29, 1.82) is 0 Å². The van der Waals surface area contributed by atoms with Crippen LogP contribution in [-0.2, 0) is 4.79 Å². The van der Waals surface area contributed by atoms with Gasteiger partial charge in [0.1, 0.15) is 0 Å². The number of furan rings is 1. The second kappa shape index (κ2) is 5.70. The first kappa shape index (κ1) is 15.3. The van der Waals surface area contributed by atoms with Gasteiger partial charge >= 0.3 is 0 Å². The van der Waals surface area contributed by atoms with Gasteiger partial charge in [0.05, 0.1) is 7.11 Å². The number of rotatable bonds is 2. The minimum atomic E-state index is -0.177. The first-order chi connectivity index (χ1) is 11.5. The summed E-state index contributed by atoms with van der Waals surface area (Å²) < 4.78 is 11.0. The van der Waals surface area contributed by atoms with Crippen LogP contribution in [-0.4, -0.2) is 43.0 Å². The molecule has 1 aromatic carbocycles. The van der Waals surface area contributed by atoms with Crippen LogP contribution >= 0.6 is 11.6 Å². The van der Waals surface area contributed by atoms with E-state index in [9.17, 15) is 9.59 Å². The van der Waals surface area contributed by atoms with Gasteiger partial charge in [-0.05, 0) is 24.5 Å². The van der Waals surface area contributed by atoms with Gasteiger partial charge in [-0.15, -0.1) is 0 Å². The minimum Gasteiger partial charge on any atom is -0.493 e. The Bertz CT molecular complexity index is 831. The Morgan fingerprint density at radius 1 is 1.42 bits per heavy atom. The predicted octanol–water partition coefficient (Wildman–Crippen LogP) is 2.45. The van der Waals surface area contributed by atoms with E-state index in [0.717, 1.165) is 11.8 Å². The molecule has 0 aliphatic carbocycles. The van der Waals surface area contributed by atoms with Crippen LogP contribution < -0.4 is 10.1 Å². The van der Waals surface area contributed by atoms with Crippen LogP contribution in [0, 0.1) is 5.92 Å². The van der Waals surface area contributed by atoms with E-state index in [1.54, 1.807) is 23.1 Å². The van der Waals surface area contributed by atoms with Crippen LogP contribution in [0.3, 0.4) is 0 Å². The second-order valence-electron chi connectivity index (χ2n) is 6.32. The summed E-state index contributed by atoms with van der Waals surface area (Å²) in [5.74, 6) is 0.981. The van der Waals surface area contributed by atoms with Crippen molar-refractivity contribution in [3.05, 3.63) is 29.0 Å². The number of carbonyl (C=O) groups excluding carboxylic acids is 2. The summed E-state index contributed by atoms with van der Waals surface area (Å²) in [5, 5.41) is 4.19. The monoisotopic (exact) mass is 348 g/mol. The van der Waals surface area contributed by atoms with Gasteiger partial charge in [-0.25, -0.2) is 0 Å². The molecule has 0 saturated carbocycles. The van der Waals surface area contributed by atoms with Crippen LogP contribution in [0.1, 0.15) is 23.4 Å². The molecule has 126 valence electrons. The molecule has 2 saturated heterocycles. The fourth-order valence-corrected chi connectivity index (χ4v) is 3.81. The van der Waals surface area contributed by atoms with Gasteiger partial charge in [-0.3, -0.25) is 9.59 Å². The number of halogens is 1. The van der Waals surface area contributed by atoms with Crippen LogP contribution in [0.2, 0.25) is 5.02 Å². The van der Waals surface area contributed by atoms with Gasteiger partial charge in [-0.1, -0.05) is 11.6 Å². The number of nitrogens with one attached hydrogen (secondary N) is 1. The molecule has 2 amide bonds. The number of piperidine rings is 1. The van der Waals surface area contributed by atoms with E-state index < -0.39 is 0 Å². The summed E-state index contributed by atoms with van der Waals surface area (Å²) in [6.45, 7) is 1.15. The molecule has 2 atom stereocenters. The van der Waals surface area contributed by atoms with Gasteiger partial charge in [-0.2, -0.15) is 0 Å². The number of hydrogen-bond acceptors (Lipinski definition) is 4. The van der Waals surface area contributed by atoms with E-state index in [-0.39, 0.29) is 23.6 Å². The molecular weight excluding hydrogens is 332 g/mol. The summed E-state index contributed by atoms with van der Waals surface area (Å²) in [7, 11) is 1.53. The van der Waals surface area contributed by atoms with E-state index in [0.29, 0.717) is 41.8 Å². The highest BCUT2D eigenvalue weighted by molar-refractivity contribution is 6.31. The molecule has 24 heavy (non-hydrogen) atoms. The highest BCUT2D eigenvalue weighted by Gasteiger charge is 2.38. The van der Waals surface area contributed by atoms with Gasteiger partial charge < -0.3 is 19.4 Å². The number of carbonyl (C=O) groups is 2. The summed E-state index contributed by atoms with van der Waals surface area (Å²) in [6, 6.07) is 5.12. The fraction of sp³-hybridized carbons (Fsp3) is 0.412. The Morgan fingerprint density at radius 3 is 3.04 bits per heavy atom. The molecule has 2 aliphatic rings. The SMILES string of the molecule is COc1cc(Cl)cc2cc(C(=O)N3CC[C@@H]4CC(=O)N[C@@H]4C3)oc12. The Hall–Kier alpha value is -2.21. The molecule has 7 heteroatoms. The molecule has 2 fully saturated rings. The van der Waals surface area contributed by atoms with Crippen LogP contribution in [0.5, 0.6) is 5.75 Å². The van der Waals surface area contributed by atoms with Gasteiger partial charge in [0, 0.05) is 42.0 Å². The molecule has 0 bridgehead atoms. The van der Waals surface area contributed by atoms with Crippen molar-refractivity contribution in [2.24, 2.45) is 5.92 Å². The number of nitrogens with zero attached hydrogens (tertiary/aromatic N) is 1. The molecule has 6 nitrogen and oxygen atoms in total. The lowest BCUT2D eigenvalue weighted by Gasteiger charge is -2.33. The summed E-state index contributed by atoms with van der Waals surface area (Å²) >= 11 is 6.06. The summed E-state index contributed by atoms with van der Waals surface area (Å²) in [6.07, 6.45) is 1.39. The molecule has 4 rings (SSSR count). The average molecular weight is 349 g/mol. The number of fused-ring (bicyclic) bond motifs is 2. The maximum atomic E-state index is 12.8. The Kier molecular flexibility index (Phi) is 3.64. The smallest absolute Gasteiger partial charge is 0.289 e. The second-order valence-corrected chi connectivity index (χ2v) is 6.75. The zero-order chi connectivity index (χ0) is 16.8. The zero-order valence-electron chi connectivity index (χ0n) is 13.2. The number of ether oxygens (including phenoxy) is 1. The maximum Gasteiger partial charge on any atom is 0.289 e. The lowest BCUT2D eigenvalue weighted by atomic mass is 9.92. The van der Waals surface area contributed by atoms with Gasteiger partial charge in [0.25, 0.3) is 5.91 Å². The van der Waals surface area contributed by atoms with Gasteiger partial charge in [0.15, 0.2) is 17.1 Å². The molecule has 2 aliphatic heterocycles. The van der Waals surface area contributed by atoms with Crippen molar-refractivity contribution >= 4 is 34.4 Å². The number of likely N-dealkylation sites (tertiary alicyclic amines) is 1. The quantitative estimate of drug-likeness (QED) is 0.904. The molecule has 1 N–H and O–H groups in total. The van der Waals surface area contributed by atoms with Crippen molar-refractivity contribution in [2.75, 3.05) is 20.2 Å². The normalized spacial score (nSPS) is 23.2. The number of hydrogen-bond donors (Lipinski definition) is 1. The lowest BCUT2D eigenvalue weighted by molar-refractivity contribution is -0.119. The number of methoxy groups -OCH3 is 1. The van der Waals surface area contributed by atoms with E-state index in [4.69, 9.17) is 20.8 Å². The lowest BCUT2D eigenvalue weighted by Crippen LogP contribution is -2.49. The third kappa shape index (κ3) is 2.51. The predicted molar refractivity (Wildman–Crippen MR) is 88.3 cm³/mol. The number of benzene rings is 1. The highest BCUT2D eigenvalue weighted by atomic mass is 35.5. The van der Waals surface area contributed by atoms with E-state index in [1.807, 2.05) is 0 Å². The standard InChI is InChI=1S/C17H17ClN2O4/c1-23-13-7-11(18)4-10-5-14(24-16(10)13)17(22)20-3-2-9-6-15(21)19-12(9)8-20/h4-5,7,9,12H,2-3,6,8H2,1H3,(H,19,21)/t9-,12-/m1/s1. The third-order valence-electron chi connectivity index (χ3n) is 4.81. The Balaban J connectivity index is 1.60. The largest absolute Gasteiger partial charge is 0.493 e. The first-order valence-electron chi connectivity index (χ1n) is 7.91. The van der Waals surface area contributed by atoms with Crippen molar-refractivity contribution in [1.82, 2.24) is 10.2 Å². The van der Waals surface area contributed by atoms with E-state index in [2.05, 4.69) is 5.32 Å². The molecule has 0 radical (unpaired) electrons. The minimum absolute atomic E-state index is 0.0450. The van der Waals surface area contributed by atoms with Gasteiger partial charge in [0.2, 0.25) is 5.91 Å². The molecule has 0 spiro atoms. The average Bonchev–Trinajstić information content (AvgIpc) is 3.14. The van der Waals surface area contributed by atoms with E-state index in [1.165, 1.54) is 7.11 Å². The molecule has 1 aromatic heterocycles. The summed E-state index contributed by atoms with van der Waals surface area (Å²) in [5.41, 5.74) is 0.509. The van der Waals surface area contributed by atoms with Crippen molar-refractivity contribution < 1.29 is 18.7 Å². The first-order valence-corrected chi connectivity index (χ1v) is 8.28. The topological polar surface area (TPSA) is 71.8 Å². The summed E-state index contributed by atoms with van der Waals surface area (Å²) in [4.78, 5) is 26.0. The third-order valence-corrected chi connectivity index (χ3v) is 5.03. The number of amides is 2. The maximum absolute atomic E-state index is 12.8. The fourth-order valence-electron chi connectivity index (χ4n) is 3.60. The molecule has 0 unspecified atom stereocenters. The highest BCUT2D eigenvalue weighted by Crippen LogP contribution is 2.33. The van der Waals surface area contributed by atoms with Crippen molar-refractivity contribution in [2.45, 2.75) is 18.9 Å². The van der Waals surface area contributed by atoms with Crippen molar-refractivity contribution in [3.8, 4) is 5.75 Å².